The number of nitrogens with zero attached hydrogens (tertiary/aromatic N) is 1. The highest BCUT2D eigenvalue weighted by atomic mass is 16.7. The summed E-state index contributed by atoms with van der Waals surface area (Å²) >= 11 is 0. The minimum Gasteiger partial charge on any atom is -0.388 e. The second-order valence-corrected chi connectivity index (χ2v) is 18.4. The molecule has 2 spiro atoms. The summed E-state index contributed by atoms with van der Waals surface area (Å²) in [6, 6.07) is 0.658. The number of rotatable bonds is 7. The summed E-state index contributed by atoms with van der Waals surface area (Å²) in [5.74, 6) is 3.78. The molecular formula is C38H64N2O5. The third-order valence-corrected chi connectivity index (χ3v) is 16.3. The molecule has 8 aliphatic rings. The van der Waals surface area contributed by atoms with Crippen LogP contribution in [0.15, 0.2) is 0 Å². The predicted octanol–water partition coefficient (Wildman–Crippen LogP) is 5.63. The van der Waals surface area contributed by atoms with E-state index in [1.54, 1.807) is 0 Å². The van der Waals surface area contributed by atoms with Crippen LogP contribution in [0.1, 0.15) is 106 Å². The molecule has 5 saturated carbocycles. The number of aliphatic hydroxyl groups is 1. The fraction of sp³-hybridized carbons (Fsp3) is 1.00. The van der Waals surface area contributed by atoms with Crippen LogP contribution in [0.3, 0.4) is 0 Å². The molecule has 3 heterocycles. The van der Waals surface area contributed by atoms with Crippen molar-refractivity contribution in [3.8, 4) is 0 Å². The van der Waals surface area contributed by atoms with Crippen molar-refractivity contribution in [3.63, 3.8) is 0 Å². The van der Waals surface area contributed by atoms with Crippen LogP contribution >= 0.6 is 0 Å². The molecule has 5 aliphatic carbocycles. The van der Waals surface area contributed by atoms with Crippen molar-refractivity contribution in [2.24, 2.45) is 51.2 Å². The van der Waals surface area contributed by atoms with Gasteiger partial charge in [-0.05, 0) is 130 Å². The van der Waals surface area contributed by atoms with E-state index in [1.807, 2.05) is 20.8 Å². The average Bonchev–Trinajstić information content (AvgIpc) is 3.34. The van der Waals surface area contributed by atoms with Gasteiger partial charge >= 0.3 is 0 Å². The number of fused-ring (bicyclic) bond motifs is 4. The van der Waals surface area contributed by atoms with Crippen LogP contribution in [0.2, 0.25) is 0 Å². The molecule has 0 radical (unpaired) electrons. The van der Waals surface area contributed by atoms with E-state index in [1.165, 1.54) is 51.4 Å². The van der Waals surface area contributed by atoms with Gasteiger partial charge in [-0.3, -0.25) is 4.90 Å². The molecule has 45 heavy (non-hydrogen) atoms. The van der Waals surface area contributed by atoms with E-state index in [9.17, 15) is 5.11 Å². The lowest BCUT2D eigenvalue weighted by Gasteiger charge is -2.60. The summed E-state index contributed by atoms with van der Waals surface area (Å²) in [5.41, 5.74) is 0.638. The normalized spacial score (nSPS) is 51.6. The number of hydrogen-bond donors (Lipinski definition) is 2. The Hall–Kier alpha value is -0.280. The highest BCUT2D eigenvalue weighted by Gasteiger charge is 2.84. The molecule has 0 bridgehead atoms. The van der Waals surface area contributed by atoms with E-state index in [4.69, 9.17) is 18.9 Å². The average molecular weight is 629 g/mol. The molecule has 0 aromatic rings. The smallest absolute Gasteiger partial charge is 0.170 e. The first-order valence-electron chi connectivity index (χ1n) is 19.1. The molecule has 0 aromatic heterocycles. The van der Waals surface area contributed by atoms with Crippen LogP contribution in [0.4, 0.5) is 0 Å². The van der Waals surface area contributed by atoms with E-state index in [2.05, 4.69) is 37.9 Å². The number of nitrogens with one attached hydrogen (secondary N) is 1. The van der Waals surface area contributed by atoms with Gasteiger partial charge in [0.05, 0.1) is 30.5 Å². The highest BCUT2D eigenvalue weighted by molar-refractivity contribution is 5.32. The lowest BCUT2D eigenvalue weighted by molar-refractivity contribution is -0.248. The quantitative estimate of drug-likeness (QED) is 0.379. The van der Waals surface area contributed by atoms with Crippen molar-refractivity contribution in [2.45, 2.75) is 149 Å². The monoisotopic (exact) mass is 628 g/mol. The molecule has 12 unspecified atom stereocenters. The zero-order valence-electron chi connectivity index (χ0n) is 29.5. The molecule has 8 rings (SSSR count). The van der Waals surface area contributed by atoms with Crippen LogP contribution in [-0.4, -0.2) is 91.7 Å². The summed E-state index contributed by atoms with van der Waals surface area (Å²) in [5, 5.41) is 14.4. The third-order valence-electron chi connectivity index (χ3n) is 16.3. The molecule has 7 nitrogen and oxygen atoms in total. The van der Waals surface area contributed by atoms with Crippen molar-refractivity contribution in [2.75, 3.05) is 39.4 Å². The van der Waals surface area contributed by atoms with Crippen LogP contribution < -0.4 is 5.32 Å². The fourth-order valence-electron chi connectivity index (χ4n) is 14.2. The van der Waals surface area contributed by atoms with Crippen LogP contribution in [0, 0.1) is 51.2 Å². The minimum absolute atomic E-state index is 0.00692. The molecule has 7 heteroatoms. The molecule has 8 fully saturated rings. The van der Waals surface area contributed by atoms with Crippen molar-refractivity contribution < 1.29 is 24.1 Å². The summed E-state index contributed by atoms with van der Waals surface area (Å²) in [6.07, 6.45) is 11.7. The fourth-order valence-corrected chi connectivity index (χ4v) is 14.2. The summed E-state index contributed by atoms with van der Waals surface area (Å²) in [6.45, 7) is 21.8. The zero-order chi connectivity index (χ0) is 31.6. The van der Waals surface area contributed by atoms with Crippen LogP contribution in [0.5, 0.6) is 0 Å². The largest absolute Gasteiger partial charge is 0.388 e. The Labute approximate surface area is 273 Å². The van der Waals surface area contributed by atoms with Gasteiger partial charge in [-0.1, -0.05) is 27.7 Å². The number of ether oxygens (including phenoxy) is 4. The number of morpholine rings is 1. The van der Waals surface area contributed by atoms with Gasteiger partial charge in [-0.25, -0.2) is 0 Å². The van der Waals surface area contributed by atoms with Gasteiger partial charge in [-0.2, -0.15) is 0 Å². The Bertz CT molecular complexity index is 1120. The zero-order valence-corrected chi connectivity index (χ0v) is 29.5. The topological polar surface area (TPSA) is 72.4 Å². The Morgan fingerprint density at radius 2 is 1.76 bits per heavy atom. The molecule has 3 saturated heterocycles. The first-order valence-corrected chi connectivity index (χ1v) is 19.1. The summed E-state index contributed by atoms with van der Waals surface area (Å²) < 4.78 is 26.3. The molecule has 3 aliphatic heterocycles. The highest BCUT2D eigenvalue weighted by Crippen LogP contribution is 2.89. The van der Waals surface area contributed by atoms with Crippen molar-refractivity contribution >= 4 is 0 Å². The maximum Gasteiger partial charge on any atom is 0.170 e. The summed E-state index contributed by atoms with van der Waals surface area (Å²) in [7, 11) is 0. The van der Waals surface area contributed by atoms with Gasteiger partial charge in [0.15, 0.2) is 6.29 Å². The van der Waals surface area contributed by atoms with E-state index in [0.29, 0.717) is 40.9 Å². The van der Waals surface area contributed by atoms with E-state index >= 15 is 0 Å². The number of hydrogen-bond acceptors (Lipinski definition) is 7. The van der Waals surface area contributed by atoms with Crippen molar-refractivity contribution in [3.05, 3.63) is 0 Å². The SMILES string of the molecule is CCOC(C1CCC2C(CC3C4CCC5C(C)(C)C(OC6CN(C7CNC7)CCO6)CCC56[C@@H](C)C46CCC23C)O1)C(C)(C)O. The molecule has 13 atom stereocenters. The predicted molar refractivity (Wildman–Crippen MR) is 175 cm³/mol. The summed E-state index contributed by atoms with van der Waals surface area (Å²) in [4.78, 5) is 2.59. The minimum atomic E-state index is -0.896. The Morgan fingerprint density at radius 1 is 0.978 bits per heavy atom. The van der Waals surface area contributed by atoms with Gasteiger partial charge in [-0.15, -0.1) is 0 Å². The Morgan fingerprint density at radius 3 is 2.47 bits per heavy atom. The first kappa shape index (κ1) is 32.0. The van der Waals surface area contributed by atoms with Crippen molar-refractivity contribution in [1.29, 1.82) is 0 Å². The van der Waals surface area contributed by atoms with E-state index < -0.39 is 5.60 Å². The lowest BCUT2D eigenvalue weighted by Crippen LogP contribution is -2.62. The maximum absolute atomic E-state index is 11.0. The standard InChI is InChI=1S/C38H64N2O5/c1-8-42-33(35(5,6)41)28-11-9-26-29(44-28)19-27-25-10-12-30-34(3,4)31(45-32-22-40(17-18-43-32)24-20-39-21-24)13-14-38(30)23(2)37(25,38)16-15-36(26,27)7/h23-33,39,41H,8-22H2,1-7H3/t23-,25?,26?,27?,28?,29?,30?,31?,32?,33?,36?,37?,38?/m0/s1. The molecule has 256 valence electrons. The van der Waals surface area contributed by atoms with Crippen LogP contribution in [0.25, 0.3) is 0 Å². The van der Waals surface area contributed by atoms with Gasteiger partial charge in [0, 0.05) is 38.8 Å². The van der Waals surface area contributed by atoms with Gasteiger partial charge in [0.2, 0.25) is 0 Å². The first-order chi connectivity index (χ1) is 21.4. The second kappa shape index (κ2) is 10.9. The van der Waals surface area contributed by atoms with Crippen LogP contribution in [-0.2, 0) is 18.9 Å². The molecule has 0 amide bonds. The molecule has 0 aromatic carbocycles. The van der Waals surface area contributed by atoms with Gasteiger partial charge in [0.25, 0.3) is 0 Å². The van der Waals surface area contributed by atoms with E-state index in [0.717, 1.165) is 62.9 Å². The second-order valence-electron chi connectivity index (χ2n) is 18.4. The van der Waals surface area contributed by atoms with Crippen molar-refractivity contribution in [1.82, 2.24) is 10.2 Å². The Kier molecular flexibility index (Phi) is 7.71. The molecular weight excluding hydrogens is 564 g/mol. The third kappa shape index (κ3) is 4.45. The van der Waals surface area contributed by atoms with E-state index in [-0.39, 0.29) is 30.0 Å². The lowest BCUT2D eigenvalue weighted by atomic mass is 9.46. The van der Waals surface area contributed by atoms with Gasteiger partial charge in [0.1, 0.15) is 6.10 Å². The maximum atomic E-state index is 11.0. The molecule has 2 N–H and O–H groups in total. The Balaban J connectivity index is 0.988. The van der Waals surface area contributed by atoms with Gasteiger partial charge < -0.3 is 29.4 Å².